The maximum atomic E-state index is 12.7. The second kappa shape index (κ2) is 5.17. The van der Waals surface area contributed by atoms with Crippen LogP contribution in [-0.2, 0) is 0 Å². The van der Waals surface area contributed by atoms with E-state index >= 15 is 0 Å². The fourth-order valence-corrected chi connectivity index (χ4v) is 1.59. The van der Waals surface area contributed by atoms with Gasteiger partial charge in [-0.3, -0.25) is 4.79 Å². The molecule has 0 saturated carbocycles. The minimum atomic E-state index is -0.927. The van der Waals surface area contributed by atoms with Gasteiger partial charge in [-0.25, -0.2) is 4.39 Å². The third-order valence-electron chi connectivity index (χ3n) is 2.60. The predicted octanol–water partition coefficient (Wildman–Crippen LogP) is 1.95. The average molecular weight is 262 g/mol. The van der Waals surface area contributed by atoms with E-state index in [0.29, 0.717) is 5.69 Å². The van der Waals surface area contributed by atoms with Crippen molar-refractivity contribution in [3.63, 3.8) is 0 Å². The molecule has 0 spiro atoms. The van der Waals surface area contributed by atoms with Gasteiger partial charge >= 0.3 is 0 Å². The topological polar surface area (TPSA) is 70.7 Å². The van der Waals surface area contributed by atoms with E-state index in [9.17, 15) is 9.18 Å². The summed E-state index contributed by atoms with van der Waals surface area (Å²) in [5, 5.41) is 12.8. The molecule has 6 heteroatoms. The zero-order valence-electron chi connectivity index (χ0n) is 10.8. The van der Waals surface area contributed by atoms with Crippen molar-refractivity contribution < 1.29 is 9.18 Å². The van der Waals surface area contributed by atoms with Crippen molar-refractivity contribution in [1.29, 1.82) is 0 Å². The largest absolute Gasteiger partial charge is 0.343 e. The highest BCUT2D eigenvalue weighted by atomic mass is 19.1. The van der Waals surface area contributed by atoms with Crippen LogP contribution in [0, 0.1) is 0 Å². The summed E-state index contributed by atoms with van der Waals surface area (Å²) < 4.78 is 12.7. The lowest BCUT2D eigenvalue weighted by Crippen LogP contribution is -2.45. The second-order valence-corrected chi connectivity index (χ2v) is 4.86. The summed E-state index contributed by atoms with van der Waals surface area (Å²) in [6, 6.07) is 9.22. The first-order valence-corrected chi connectivity index (χ1v) is 5.88. The van der Waals surface area contributed by atoms with Crippen molar-refractivity contribution in [1.82, 2.24) is 20.7 Å². The van der Waals surface area contributed by atoms with E-state index in [1.807, 2.05) is 30.3 Å². The van der Waals surface area contributed by atoms with Crippen molar-refractivity contribution in [3.8, 4) is 11.3 Å². The number of H-pyrrole nitrogens is 1. The van der Waals surface area contributed by atoms with E-state index in [0.717, 1.165) is 5.56 Å². The Bertz CT molecular complexity index is 565. The lowest BCUT2D eigenvalue weighted by Gasteiger charge is -2.21. The minimum absolute atomic E-state index is 0.160. The van der Waals surface area contributed by atoms with Crippen LogP contribution in [0.5, 0.6) is 0 Å². The van der Waals surface area contributed by atoms with Crippen LogP contribution < -0.4 is 5.32 Å². The van der Waals surface area contributed by atoms with E-state index in [2.05, 4.69) is 20.7 Å². The molecule has 1 amide bonds. The second-order valence-electron chi connectivity index (χ2n) is 4.86. The highest BCUT2D eigenvalue weighted by Gasteiger charge is 2.25. The molecule has 5 nitrogen and oxygen atoms in total. The van der Waals surface area contributed by atoms with Crippen LogP contribution in [0.1, 0.15) is 24.3 Å². The molecule has 2 N–H and O–H groups in total. The van der Waals surface area contributed by atoms with Gasteiger partial charge in [-0.05, 0) is 13.8 Å². The molecule has 1 aromatic heterocycles. The summed E-state index contributed by atoms with van der Waals surface area (Å²) in [4.78, 5) is 12.1. The Morgan fingerprint density at radius 3 is 2.63 bits per heavy atom. The van der Waals surface area contributed by atoms with Crippen LogP contribution >= 0.6 is 0 Å². The summed E-state index contributed by atoms with van der Waals surface area (Å²) in [6.07, 6.45) is 0. The Balaban J connectivity index is 2.28. The number of halogens is 1. The van der Waals surface area contributed by atoms with Gasteiger partial charge in [0.2, 0.25) is 0 Å². The molecule has 1 heterocycles. The number of amides is 1. The van der Waals surface area contributed by atoms with Crippen molar-refractivity contribution >= 4 is 5.91 Å². The van der Waals surface area contributed by atoms with Crippen LogP contribution in [0.3, 0.4) is 0 Å². The van der Waals surface area contributed by atoms with Crippen molar-refractivity contribution in [2.45, 2.75) is 19.4 Å². The highest BCUT2D eigenvalue weighted by Crippen LogP contribution is 2.19. The molecule has 0 atom stereocenters. The molecular weight excluding hydrogens is 247 g/mol. The minimum Gasteiger partial charge on any atom is -0.343 e. The molecule has 100 valence electrons. The first kappa shape index (κ1) is 13.2. The summed E-state index contributed by atoms with van der Waals surface area (Å²) in [5.41, 5.74) is 0.462. The summed E-state index contributed by atoms with van der Waals surface area (Å²) in [7, 11) is 0. The van der Waals surface area contributed by atoms with Crippen molar-refractivity contribution in [2.24, 2.45) is 0 Å². The van der Waals surface area contributed by atoms with Gasteiger partial charge in [-0.15, -0.1) is 0 Å². The smallest absolute Gasteiger partial charge is 0.274 e. The highest BCUT2D eigenvalue weighted by molar-refractivity contribution is 5.98. The van der Waals surface area contributed by atoms with Gasteiger partial charge < -0.3 is 5.32 Å². The summed E-state index contributed by atoms with van der Waals surface area (Å²) >= 11 is 0. The number of aromatic nitrogens is 3. The van der Waals surface area contributed by atoms with E-state index in [1.54, 1.807) is 13.8 Å². The molecule has 0 saturated heterocycles. The molecule has 2 rings (SSSR count). The quantitative estimate of drug-likeness (QED) is 0.884. The number of carbonyl (C=O) groups is 1. The zero-order valence-corrected chi connectivity index (χ0v) is 10.8. The predicted molar refractivity (Wildman–Crippen MR) is 69.3 cm³/mol. The van der Waals surface area contributed by atoms with Gasteiger partial charge in [0.1, 0.15) is 12.4 Å². The average Bonchev–Trinajstić information content (AvgIpc) is 2.88. The standard InChI is InChI=1S/C13H15FN4O/c1-13(2,8-14)15-12(19)11-10(16-18-17-11)9-6-4-3-5-7-9/h3-7H,8H2,1-2H3,(H,15,19)(H,16,17,18). The summed E-state index contributed by atoms with van der Waals surface area (Å²) in [5.74, 6) is -0.449. The number of hydrogen-bond acceptors (Lipinski definition) is 3. The van der Waals surface area contributed by atoms with Gasteiger partial charge in [0.25, 0.3) is 5.91 Å². The van der Waals surface area contributed by atoms with Gasteiger partial charge in [-0.1, -0.05) is 30.3 Å². The molecule has 0 radical (unpaired) electrons. The van der Waals surface area contributed by atoms with Crippen LogP contribution in [0.4, 0.5) is 4.39 Å². The Hall–Kier alpha value is -2.24. The fourth-order valence-electron chi connectivity index (χ4n) is 1.59. The van der Waals surface area contributed by atoms with Gasteiger partial charge in [0.15, 0.2) is 5.69 Å². The lowest BCUT2D eigenvalue weighted by molar-refractivity contribution is 0.0895. The Morgan fingerprint density at radius 2 is 2.00 bits per heavy atom. The lowest BCUT2D eigenvalue weighted by atomic mass is 10.1. The Labute approximate surface area is 110 Å². The normalized spacial score (nSPS) is 11.3. The number of nitrogens with zero attached hydrogens (tertiary/aromatic N) is 2. The van der Waals surface area contributed by atoms with Crippen LogP contribution in [-0.4, -0.2) is 33.5 Å². The fraction of sp³-hybridized carbons (Fsp3) is 0.308. The molecule has 1 aromatic carbocycles. The third-order valence-corrected chi connectivity index (χ3v) is 2.60. The Morgan fingerprint density at radius 1 is 1.32 bits per heavy atom. The number of hydrogen-bond donors (Lipinski definition) is 2. The molecule has 0 fully saturated rings. The molecule has 0 aliphatic carbocycles. The molecule has 2 aromatic rings. The number of rotatable bonds is 4. The van der Waals surface area contributed by atoms with E-state index < -0.39 is 18.1 Å². The molecule has 19 heavy (non-hydrogen) atoms. The monoisotopic (exact) mass is 262 g/mol. The van der Waals surface area contributed by atoms with Crippen molar-refractivity contribution in [2.75, 3.05) is 6.67 Å². The number of aromatic amines is 1. The van der Waals surface area contributed by atoms with Crippen LogP contribution in [0.25, 0.3) is 11.3 Å². The molecule has 0 bridgehead atoms. The van der Waals surface area contributed by atoms with Gasteiger partial charge in [0.05, 0.1) is 5.54 Å². The maximum Gasteiger partial charge on any atom is 0.274 e. The molecular formula is C13H15FN4O. The van der Waals surface area contributed by atoms with Gasteiger partial charge in [-0.2, -0.15) is 15.4 Å². The number of alkyl halides is 1. The van der Waals surface area contributed by atoms with E-state index in [4.69, 9.17) is 0 Å². The van der Waals surface area contributed by atoms with E-state index in [1.165, 1.54) is 0 Å². The van der Waals surface area contributed by atoms with Gasteiger partial charge in [0, 0.05) is 5.56 Å². The summed E-state index contributed by atoms with van der Waals surface area (Å²) in [6.45, 7) is 2.55. The third kappa shape index (κ3) is 2.96. The van der Waals surface area contributed by atoms with E-state index in [-0.39, 0.29) is 5.69 Å². The number of nitrogens with one attached hydrogen (secondary N) is 2. The Kier molecular flexibility index (Phi) is 3.59. The van der Waals surface area contributed by atoms with Crippen LogP contribution in [0.15, 0.2) is 30.3 Å². The van der Waals surface area contributed by atoms with Crippen molar-refractivity contribution in [3.05, 3.63) is 36.0 Å². The first-order chi connectivity index (χ1) is 9.03. The molecule has 0 aliphatic heterocycles. The van der Waals surface area contributed by atoms with Crippen LogP contribution in [0.2, 0.25) is 0 Å². The first-order valence-electron chi connectivity index (χ1n) is 5.88. The molecule has 0 aliphatic rings. The number of benzene rings is 1. The number of carbonyl (C=O) groups excluding carboxylic acids is 1. The zero-order chi connectivity index (χ0) is 13.9. The SMILES string of the molecule is CC(C)(CF)NC(=O)c1n[nH]nc1-c1ccccc1. The molecule has 0 unspecified atom stereocenters. The maximum absolute atomic E-state index is 12.7.